The van der Waals surface area contributed by atoms with E-state index < -0.39 is 0 Å². The Hall–Kier alpha value is -1.16. The molecule has 1 heterocycles. The Bertz CT molecular complexity index is 472. The van der Waals surface area contributed by atoms with Crippen LogP contribution in [0.25, 0.3) is 0 Å². The van der Waals surface area contributed by atoms with E-state index in [1.54, 1.807) is 0 Å². The van der Waals surface area contributed by atoms with Crippen molar-refractivity contribution in [2.45, 2.75) is 50.5 Å². The van der Waals surface area contributed by atoms with Crippen LogP contribution < -0.4 is 11.3 Å². The molecule has 0 unspecified atom stereocenters. The number of rotatable bonds is 1. The van der Waals surface area contributed by atoms with Gasteiger partial charge in [0.2, 0.25) is 0 Å². The maximum atomic E-state index is 11.9. The van der Waals surface area contributed by atoms with Gasteiger partial charge in [0.25, 0.3) is 5.56 Å². The molecule has 3 N–H and O–H groups in total. The van der Waals surface area contributed by atoms with E-state index in [0.29, 0.717) is 0 Å². The van der Waals surface area contributed by atoms with Crippen LogP contribution in [0.4, 0.5) is 0 Å². The SMILES string of the molecule is NC1(c2nc3c(c(=O)[nH]2)CCC3)CCCC1. The number of nitrogens with one attached hydrogen (secondary N) is 1. The second-order valence-electron chi connectivity index (χ2n) is 5.06. The first-order valence-electron chi connectivity index (χ1n) is 6.10. The van der Waals surface area contributed by atoms with E-state index in [2.05, 4.69) is 9.97 Å². The van der Waals surface area contributed by atoms with Gasteiger partial charge in [0, 0.05) is 5.56 Å². The zero-order chi connectivity index (χ0) is 11.2. The van der Waals surface area contributed by atoms with Gasteiger partial charge in [-0.25, -0.2) is 4.98 Å². The Morgan fingerprint density at radius 1 is 1.19 bits per heavy atom. The lowest BCUT2D eigenvalue weighted by molar-refractivity contribution is 0.428. The van der Waals surface area contributed by atoms with Gasteiger partial charge in [0.1, 0.15) is 5.82 Å². The summed E-state index contributed by atoms with van der Waals surface area (Å²) < 4.78 is 0. The lowest BCUT2D eigenvalue weighted by Crippen LogP contribution is -2.37. The number of hydrogen-bond donors (Lipinski definition) is 2. The number of aromatic amines is 1. The minimum absolute atomic E-state index is 0.0363. The summed E-state index contributed by atoms with van der Waals surface area (Å²) in [7, 11) is 0. The molecule has 0 spiro atoms. The number of nitrogens with two attached hydrogens (primary N) is 1. The molecule has 4 nitrogen and oxygen atoms in total. The molecule has 0 saturated heterocycles. The first kappa shape index (κ1) is 10.0. The summed E-state index contributed by atoms with van der Waals surface area (Å²) in [6.07, 6.45) is 7.00. The molecule has 4 heteroatoms. The summed E-state index contributed by atoms with van der Waals surface area (Å²) in [5, 5.41) is 0. The van der Waals surface area contributed by atoms with Gasteiger partial charge in [-0.3, -0.25) is 4.79 Å². The Kier molecular flexibility index (Phi) is 2.14. The van der Waals surface area contributed by atoms with Crippen LogP contribution in [0, 0.1) is 0 Å². The molecule has 0 aromatic carbocycles. The monoisotopic (exact) mass is 219 g/mol. The van der Waals surface area contributed by atoms with E-state index in [-0.39, 0.29) is 11.1 Å². The van der Waals surface area contributed by atoms with Gasteiger partial charge >= 0.3 is 0 Å². The predicted molar refractivity (Wildman–Crippen MR) is 61.2 cm³/mol. The summed E-state index contributed by atoms with van der Waals surface area (Å²) >= 11 is 0. The third-order valence-electron chi connectivity index (χ3n) is 3.91. The largest absolute Gasteiger partial charge is 0.319 e. The van der Waals surface area contributed by atoms with Gasteiger partial charge in [-0.1, -0.05) is 12.8 Å². The molecular weight excluding hydrogens is 202 g/mol. The normalized spacial score (nSPS) is 22.3. The van der Waals surface area contributed by atoms with Crippen molar-refractivity contribution in [3.05, 3.63) is 27.4 Å². The quantitative estimate of drug-likeness (QED) is 0.739. The Morgan fingerprint density at radius 2 is 1.94 bits per heavy atom. The zero-order valence-electron chi connectivity index (χ0n) is 9.38. The van der Waals surface area contributed by atoms with Crippen molar-refractivity contribution >= 4 is 0 Å². The van der Waals surface area contributed by atoms with E-state index in [0.717, 1.165) is 62.0 Å². The fraction of sp³-hybridized carbons (Fsp3) is 0.667. The second-order valence-corrected chi connectivity index (χ2v) is 5.06. The van der Waals surface area contributed by atoms with Crippen molar-refractivity contribution in [3.8, 4) is 0 Å². The smallest absolute Gasteiger partial charge is 0.254 e. The van der Waals surface area contributed by atoms with E-state index in [1.807, 2.05) is 0 Å². The number of hydrogen-bond acceptors (Lipinski definition) is 3. The lowest BCUT2D eigenvalue weighted by atomic mass is 9.98. The lowest BCUT2D eigenvalue weighted by Gasteiger charge is -2.22. The van der Waals surface area contributed by atoms with Gasteiger partial charge in [-0.15, -0.1) is 0 Å². The molecule has 0 aliphatic heterocycles. The number of aromatic nitrogens is 2. The van der Waals surface area contributed by atoms with Crippen LogP contribution in [0.2, 0.25) is 0 Å². The van der Waals surface area contributed by atoms with Crippen LogP contribution in [0.5, 0.6) is 0 Å². The summed E-state index contributed by atoms with van der Waals surface area (Å²) in [5.74, 6) is 0.718. The molecule has 0 amide bonds. The first-order chi connectivity index (χ1) is 7.69. The van der Waals surface area contributed by atoms with Crippen LogP contribution in [0.15, 0.2) is 4.79 Å². The van der Waals surface area contributed by atoms with E-state index in [4.69, 9.17) is 5.73 Å². The molecule has 1 aromatic heterocycles. The van der Waals surface area contributed by atoms with E-state index in [1.165, 1.54) is 0 Å². The maximum Gasteiger partial charge on any atom is 0.254 e. The van der Waals surface area contributed by atoms with Gasteiger partial charge in [-0.2, -0.15) is 0 Å². The third kappa shape index (κ3) is 1.40. The number of aryl methyl sites for hydroxylation is 1. The molecule has 2 aliphatic carbocycles. The molecule has 0 atom stereocenters. The number of nitrogens with zero attached hydrogens (tertiary/aromatic N) is 1. The van der Waals surface area contributed by atoms with Crippen molar-refractivity contribution in [1.82, 2.24) is 9.97 Å². The van der Waals surface area contributed by atoms with Crippen molar-refractivity contribution in [3.63, 3.8) is 0 Å². The molecule has 1 aromatic rings. The Morgan fingerprint density at radius 3 is 2.69 bits per heavy atom. The standard InChI is InChI=1S/C12H17N3O/c13-12(6-1-2-7-12)11-14-9-5-3-4-8(9)10(16)15-11/h1-7,13H2,(H,14,15,16). The van der Waals surface area contributed by atoms with Crippen LogP contribution in [0.1, 0.15) is 49.2 Å². The van der Waals surface area contributed by atoms with Crippen molar-refractivity contribution < 1.29 is 0 Å². The van der Waals surface area contributed by atoms with E-state index in [9.17, 15) is 4.79 Å². The van der Waals surface area contributed by atoms with Gasteiger partial charge in [0.15, 0.2) is 0 Å². The summed E-state index contributed by atoms with van der Waals surface area (Å²) in [5.41, 5.74) is 7.83. The summed E-state index contributed by atoms with van der Waals surface area (Å²) in [4.78, 5) is 19.4. The van der Waals surface area contributed by atoms with Gasteiger partial charge in [-0.05, 0) is 32.1 Å². The average Bonchev–Trinajstić information content (AvgIpc) is 2.86. The molecule has 0 radical (unpaired) electrons. The number of H-pyrrole nitrogens is 1. The minimum atomic E-state index is -0.378. The number of fused-ring (bicyclic) bond motifs is 1. The average molecular weight is 219 g/mol. The zero-order valence-corrected chi connectivity index (χ0v) is 9.38. The molecule has 1 fully saturated rings. The Labute approximate surface area is 94.3 Å². The molecular formula is C12H17N3O. The van der Waals surface area contributed by atoms with Crippen LogP contribution in [-0.2, 0) is 18.4 Å². The molecule has 2 aliphatic rings. The van der Waals surface area contributed by atoms with Crippen molar-refractivity contribution in [2.24, 2.45) is 5.73 Å². The third-order valence-corrected chi connectivity index (χ3v) is 3.91. The predicted octanol–water partition coefficient (Wildman–Crippen LogP) is 0.987. The summed E-state index contributed by atoms with van der Waals surface area (Å²) in [6.45, 7) is 0. The van der Waals surface area contributed by atoms with Crippen LogP contribution >= 0.6 is 0 Å². The van der Waals surface area contributed by atoms with E-state index >= 15 is 0 Å². The highest BCUT2D eigenvalue weighted by Crippen LogP contribution is 2.34. The highest BCUT2D eigenvalue weighted by atomic mass is 16.1. The Balaban J connectivity index is 2.09. The highest BCUT2D eigenvalue weighted by molar-refractivity contribution is 5.24. The highest BCUT2D eigenvalue weighted by Gasteiger charge is 2.34. The molecule has 3 rings (SSSR count). The molecule has 1 saturated carbocycles. The van der Waals surface area contributed by atoms with Crippen molar-refractivity contribution in [1.29, 1.82) is 0 Å². The first-order valence-corrected chi connectivity index (χ1v) is 6.10. The fourth-order valence-corrected chi connectivity index (χ4v) is 2.92. The maximum absolute atomic E-state index is 11.9. The van der Waals surface area contributed by atoms with Crippen molar-refractivity contribution in [2.75, 3.05) is 0 Å². The summed E-state index contributed by atoms with van der Waals surface area (Å²) in [6, 6.07) is 0. The molecule has 16 heavy (non-hydrogen) atoms. The van der Waals surface area contributed by atoms with Crippen LogP contribution in [0.3, 0.4) is 0 Å². The topological polar surface area (TPSA) is 71.8 Å². The van der Waals surface area contributed by atoms with Crippen LogP contribution in [-0.4, -0.2) is 9.97 Å². The second kappa shape index (κ2) is 3.42. The van der Waals surface area contributed by atoms with Gasteiger partial charge < -0.3 is 10.7 Å². The molecule has 86 valence electrons. The van der Waals surface area contributed by atoms with Gasteiger partial charge in [0.05, 0.1) is 11.2 Å². The fourth-order valence-electron chi connectivity index (χ4n) is 2.92. The molecule has 0 bridgehead atoms. The minimum Gasteiger partial charge on any atom is -0.319 e.